The van der Waals surface area contributed by atoms with Gasteiger partial charge in [0.2, 0.25) is 0 Å². The maximum atomic E-state index is 12.7. The number of likely N-dealkylation sites (tertiary alicyclic amines) is 1. The van der Waals surface area contributed by atoms with Gasteiger partial charge in [0.1, 0.15) is 5.69 Å². The second kappa shape index (κ2) is 6.09. The maximum Gasteiger partial charge on any atom is 0.270 e. The molecule has 1 fully saturated rings. The smallest absolute Gasteiger partial charge is 0.270 e. The largest absolute Gasteiger partial charge is 0.350 e. The fraction of sp³-hybridized carbons (Fsp3) is 0.444. The summed E-state index contributed by atoms with van der Waals surface area (Å²) in [6, 6.07) is 6.18. The van der Waals surface area contributed by atoms with Gasteiger partial charge in [0.05, 0.1) is 15.9 Å². The molecule has 0 radical (unpaired) electrons. The van der Waals surface area contributed by atoms with E-state index in [2.05, 4.69) is 35.1 Å². The minimum atomic E-state index is 0.115. The minimum absolute atomic E-state index is 0.115. The van der Waals surface area contributed by atoms with Crippen LogP contribution in [0.25, 0.3) is 10.2 Å². The van der Waals surface area contributed by atoms with Crippen molar-refractivity contribution in [1.29, 1.82) is 0 Å². The van der Waals surface area contributed by atoms with Crippen LogP contribution in [0.4, 0.5) is 0 Å². The molecule has 0 aromatic carbocycles. The number of carbonyl (C=O) groups is 1. The molecule has 4 rings (SSSR count). The van der Waals surface area contributed by atoms with Gasteiger partial charge in [-0.1, -0.05) is 13.8 Å². The number of rotatable bonds is 3. The Labute approximate surface area is 145 Å². The molecule has 1 aliphatic heterocycles. The highest BCUT2D eigenvalue weighted by Crippen LogP contribution is 2.29. The third-order valence-electron chi connectivity index (χ3n) is 4.90. The number of nitrogens with one attached hydrogen (secondary N) is 2. The lowest BCUT2D eigenvalue weighted by Gasteiger charge is -2.31. The second-order valence-corrected chi connectivity index (χ2v) is 7.80. The Morgan fingerprint density at radius 2 is 2.12 bits per heavy atom. The van der Waals surface area contributed by atoms with Crippen molar-refractivity contribution in [2.24, 2.45) is 0 Å². The Hall–Kier alpha value is -2.08. The van der Waals surface area contributed by atoms with Gasteiger partial charge < -0.3 is 9.88 Å². The number of fused-ring (bicyclic) bond motifs is 1. The molecule has 24 heavy (non-hydrogen) atoms. The molecule has 4 heterocycles. The average Bonchev–Trinajstić information content (AvgIpc) is 3.29. The Kier molecular flexibility index (Phi) is 3.92. The molecule has 0 unspecified atom stereocenters. The predicted octanol–water partition coefficient (Wildman–Crippen LogP) is 4.10. The van der Waals surface area contributed by atoms with Gasteiger partial charge in [0.25, 0.3) is 5.91 Å². The topological polar surface area (TPSA) is 64.8 Å². The maximum absolute atomic E-state index is 12.7. The summed E-state index contributed by atoms with van der Waals surface area (Å²) >= 11 is 1.66. The molecule has 3 aromatic rings. The molecule has 1 aliphatic rings. The first kappa shape index (κ1) is 15.4. The third kappa shape index (κ3) is 2.75. The summed E-state index contributed by atoms with van der Waals surface area (Å²) in [5.41, 5.74) is 4.09. The van der Waals surface area contributed by atoms with Crippen molar-refractivity contribution < 1.29 is 4.79 Å². The monoisotopic (exact) mass is 342 g/mol. The summed E-state index contributed by atoms with van der Waals surface area (Å²) in [7, 11) is 0. The number of carbonyl (C=O) groups excluding carboxylic acids is 1. The molecule has 0 atom stereocenters. The van der Waals surface area contributed by atoms with Crippen LogP contribution in [0.15, 0.2) is 23.6 Å². The van der Waals surface area contributed by atoms with Crippen LogP contribution in [0.5, 0.6) is 0 Å². The van der Waals surface area contributed by atoms with Crippen LogP contribution in [0, 0.1) is 0 Å². The molecule has 126 valence electrons. The summed E-state index contributed by atoms with van der Waals surface area (Å²) < 4.78 is 1.15. The summed E-state index contributed by atoms with van der Waals surface area (Å²) in [4.78, 5) is 17.9. The number of nitrogens with zero attached hydrogens (tertiary/aromatic N) is 2. The highest BCUT2D eigenvalue weighted by atomic mass is 32.1. The number of amides is 1. The van der Waals surface area contributed by atoms with Crippen LogP contribution < -0.4 is 0 Å². The molecule has 0 aliphatic carbocycles. The van der Waals surface area contributed by atoms with E-state index in [0.717, 1.165) is 41.8 Å². The molecule has 3 aromatic heterocycles. The quantitative estimate of drug-likeness (QED) is 0.753. The van der Waals surface area contributed by atoms with Crippen molar-refractivity contribution in [2.45, 2.75) is 38.5 Å². The fourth-order valence-corrected chi connectivity index (χ4v) is 4.17. The van der Waals surface area contributed by atoms with Crippen molar-refractivity contribution in [1.82, 2.24) is 20.1 Å². The normalized spacial score (nSPS) is 16.4. The first-order valence-electron chi connectivity index (χ1n) is 8.52. The highest BCUT2D eigenvalue weighted by molar-refractivity contribution is 7.17. The summed E-state index contributed by atoms with van der Waals surface area (Å²) in [5.74, 6) is 1.03. The number of aromatic nitrogens is 3. The lowest BCUT2D eigenvalue weighted by atomic mass is 9.93. The molecule has 1 amide bonds. The fourth-order valence-electron chi connectivity index (χ4n) is 3.39. The van der Waals surface area contributed by atoms with Crippen LogP contribution >= 0.6 is 11.3 Å². The number of hydrogen-bond acceptors (Lipinski definition) is 3. The minimum Gasteiger partial charge on any atom is -0.350 e. The lowest BCUT2D eigenvalue weighted by Crippen LogP contribution is -2.38. The summed E-state index contributed by atoms with van der Waals surface area (Å²) in [5, 5.41) is 9.63. The average molecular weight is 342 g/mol. The number of H-pyrrole nitrogens is 2. The van der Waals surface area contributed by atoms with Gasteiger partial charge in [-0.15, -0.1) is 11.3 Å². The van der Waals surface area contributed by atoms with Gasteiger partial charge in [0, 0.05) is 24.7 Å². The van der Waals surface area contributed by atoms with Gasteiger partial charge in [-0.05, 0) is 42.3 Å². The van der Waals surface area contributed by atoms with E-state index in [4.69, 9.17) is 0 Å². The van der Waals surface area contributed by atoms with Crippen LogP contribution in [0.3, 0.4) is 0 Å². The predicted molar refractivity (Wildman–Crippen MR) is 96.7 cm³/mol. The van der Waals surface area contributed by atoms with Gasteiger partial charge in [-0.3, -0.25) is 9.89 Å². The Morgan fingerprint density at radius 1 is 1.33 bits per heavy atom. The number of thiophene rings is 1. The zero-order chi connectivity index (χ0) is 16.7. The third-order valence-corrected chi connectivity index (χ3v) is 5.77. The second-order valence-electron chi connectivity index (χ2n) is 6.85. The SMILES string of the molecule is CC(C)c1cc(C2CCN(C(=O)c3cc4sccc4[nH]3)CC2)[nH]n1. The van der Waals surface area contributed by atoms with Gasteiger partial charge in [0.15, 0.2) is 0 Å². The standard InChI is InChI=1S/C18H22N4OS/c1-11(2)14-9-15(21-20-14)12-3-6-22(7-4-12)18(23)16-10-17-13(19-16)5-8-24-17/h5,8-12,19H,3-4,6-7H2,1-2H3,(H,20,21). The molecular formula is C18H22N4OS. The first-order valence-corrected chi connectivity index (χ1v) is 9.40. The van der Waals surface area contributed by atoms with E-state index in [1.54, 1.807) is 11.3 Å². The van der Waals surface area contributed by atoms with Gasteiger partial charge >= 0.3 is 0 Å². The van der Waals surface area contributed by atoms with E-state index in [9.17, 15) is 4.79 Å². The van der Waals surface area contributed by atoms with Crippen LogP contribution in [0.1, 0.15) is 60.4 Å². The Bertz CT molecular complexity index is 823. The van der Waals surface area contributed by atoms with Crippen molar-refractivity contribution in [2.75, 3.05) is 13.1 Å². The van der Waals surface area contributed by atoms with Gasteiger partial charge in [-0.2, -0.15) is 5.10 Å². The summed E-state index contributed by atoms with van der Waals surface area (Å²) in [6.45, 7) is 5.91. The van der Waals surface area contributed by atoms with E-state index < -0.39 is 0 Å². The molecule has 0 spiro atoms. The molecule has 6 heteroatoms. The Morgan fingerprint density at radius 3 is 2.79 bits per heavy atom. The van der Waals surface area contributed by atoms with Crippen LogP contribution in [0.2, 0.25) is 0 Å². The molecule has 0 bridgehead atoms. The van der Waals surface area contributed by atoms with E-state index in [0.29, 0.717) is 17.5 Å². The van der Waals surface area contributed by atoms with Crippen molar-refractivity contribution >= 4 is 27.5 Å². The molecule has 2 N–H and O–H groups in total. The van der Waals surface area contributed by atoms with Crippen molar-refractivity contribution in [3.05, 3.63) is 40.7 Å². The highest BCUT2D eigenvalue weighted by Gasteiger charge is 2.26. The van der Waals surface area contributed by atoms with Crippen molar-refractivity contribution in [3.63, 3.8) is 0 Å². The first-order chi connectivity index (χ1) is 11.6. The molecule has 1 saturated heterocycles. The van der Waals surface area contributed by atoms with Crippen molar-refractivity contribution in [3.8, 4) is 0 Å². The Balaban J connectivity index is 1.41. The van der Waals surface area contributed by atoms with Crippen LogP contribution in [-0.2, 0) is 0 Å². The van der Waals surface area contributed by atoms with Crippen LogP contribution in [-0.4, -0.2) is 39.1 Å². The molecule has 0 saturated carbocycles. The summed E-state index contributed by atoms with van der Waals surface area (Å²) in [6.07, 6.45) is 1.97. The van der Waals surface area contributed by atoms with E-state index >= 15 is 0 Å². The number of hydrogen-bond donors (Lipinski definition) is 2. The van der Waals surface area contributed by atoms with E-state index in [1.807, 2.05) is 22.4 Å². The van der Waals surface area contributed by atoms with Gasteiger partial charge in [-0.25, -0.2) is 0 Å². The van der Waals surface area contributed by atoms with E-state index in [1.165, 1.54) is 5.69 Å². The molecule has 5 nitrogen and oxygen atoms in total. The zero-order valence-electron chi connectivity index (χ0n) is 14.0. The lowest BCUT2D eigenvalue weighted by molar-refractivity contribution is 0.0707. The van der Waals surface area contributed by atoms with E-state index in [-0.39, 0.29) is 5.91 Å². The number of aromatic amines is 2. The zero-order valence-corrected chi connectivity index (χ0v) is 14.8. The number of piperidine rings is 1. The molecular weight excluding hydrogens is 320 g/mol.